The van der Waals surface area contributed by atoms with Crippen molar-refractivity contribution in [3.05, 3.63) is 35.1 Å². The Morgan fingerprint density at radius 3 is 2.60 bits per heavy atom. The second kappa shape index (κ2) is 5.67. The fourth-order valence-electron chi connectivity index (χ4n) is 2.31. The predicted molar refractivity (Wildman–Crippen MR) is 78.8 cm³/mol. The van der Waals surface area contributed by atoms with Crippen LogP contribution in [0.5, 0.6) is 0 Å². The number of fused-ring (bicyclic) bond motifs is 1. The minimum atomic E-state index is -0.771. The Morgan fingerprint density at radius 2 is 1.95 bits per heavy atom. The highest BCUT2D eigenvalue weighted by Gasteiger charge is 2.15. The van der Waals surface area contributed by atoms with E-state index in [4.69, 9.17) is 9.52 Å². The van der Waals surface area contributed by atoms with Crippen LogP contribution in [0.3, 0.4) is 0 Å². The minimum absolute atomic E-state index is 0.381. The number of furan rings is 1. The standard InChI is InChI=1S/C16H21NO3/c1-10-5-13-7-14(20-15(13)6-11(10)2)9-17(4)8-12(3)16(18)19/h5-7,12H,8-9H2,1-4H3,(H,18,19). The number of carboxylic acids is 1. The summed E-state index contributed by atoms with van der Waals surface area (Å²) in [7, 11) is 1.91. The van der Waals surface area contributed by atoms with Gasteiger partial charge < -0.3 is 9.52 Å². The van der Waals surface area contributed by atoms with Crippen molar-refractivity contribution in [1.29, 1.82) is 0 Å². The van der Waals surface area contributed by atoms with Gasteiger partial charge in [0.1, 0.15) is 11.3 Å². The van der Waals surface area contributed by atoms with Gasteiger partial charge >= 0.3 is 5.97 Å². The van der Waals surface area contributed by atoms with Gasteiger partial charge in [-0.1, -0.05) is 6.92 Å². The topological polar surface area (TPSA) is 53.7 Å². The van der Waals surface area contributed by atoms with Gasteiger partial charge in [-0.05, 0) is 50.2 Å². The van der Waals surface area contributed by atoms with Crippen LogP contribution in [0.15, 0.2) is 22.6 Å². The third-order valence-corrected chi connectivity index (χ3v) is 3.62. The Bertz CT molecular complexity index is 591. The van der Waals surface area contributed by atoms with Crippen molar-refractivity contribution in [2.75, 3.05) is 13.6 Å². The Kier molecular flexibility index (Phi) is 4.14. The number of hydrogen-bond acceptors (Lipinski definition) is 3. The molecule has 4 nitrogen and oxygen atoms in total. The largest absolute Gasteiger partial charge is 0.481 e. The Balaban J connectivity index is 2.12. The first-order valence-electron chi connectivity index (χ1n) is 6.78. The third-order valence-electron chi connectivity index (χ3n) is 3.62. The van der Waals surface area contributed by atoms with Crippen molar-refractivity contribution >= 4 is 16.9 Å². The summed E-state index contributed by atoms with van der Waals surface area (Å²) < 4.78 is 5.83. The predicted octanol–water partition coefficient (Wildman–Crippen LogP) is 3.20. The van der Waals surface area contributed by atoms with Crippen LogP contribution in [-0.4, -0.2) is 29.6 Å². The molecule has 0 radical (unpaired) electrons. The maximum atomic E-state index is 10.9. The highest BCUT2D eigenvalue weighted by Crippen LogP contribution is 2.24. The summed E-state index contributed by atoms with van der Waals surface area (Å²) in [6, 6.07) is 6.20. The van der Waals surface area contributed by atoms with E-state index in [1.165, 1.54) is 11.1 Å². The van der Waals surface area contributed by atoms with Crippen LogP contribution in [-0.2, 0) is 11.3 Å². The molecule has 0 saturated carbocycles. The number of carboxylic acid groups (broad SMARTS) is 1. The van der Waals surface area contributed by atoms with Crippen LogP contribution in [0.1, 0.15) is 23.8 Å². The van der Waals surface area contributed by atoms with Crippen molar-refractivity contribution in [2.45, 2.75) is 27.3 Å². The lowest BCUT2D eigenvalue weighted by Gasteiger charge is -2.17. The van der Waals surface area contributed by atoms with Crippen molar-refractivity contribution in [1.82, 2.24) is 4.90 Å². The molecule has 1 atom stereocenters. The summed E-state index contributed by atoms with van der Waals surface area (Å²) in [6.07, 6.45) is 0. The highest BCUT2D eigenvalue weighted by atomic mass is 16.4. The third kappa shape index (κ3) is 3.20. The van der Waals surface area contributed by atoms with Gasteiger partial charge in [0, 0.05) is 11.9 Å². The molecule has 1 aromatic carbocycles. The molecule has 0 aliphatic heterocycles. The lowest BCUT2D eigenvalue weighted by atomic mass is 10.1. The van der Waals surface area contributed by atoms with Crippen LogP contribution in [0.25, 0.3) is 11.0 Å². The molecule has 2 rings (SSSR count). The van der Waals surface area contributed by atoms with E-state index in [9.17, 15) is 4.79 Å². The van der Waals surface area contributed by atoms with Crippen LogP contribution in [0, 0.1) is 19.8 Å². The van der Waals surface area contributed by atoms with Crippen LogP contribution in [0.4, 0.5) is 0 Å². The smallest absolute Gasteiger partial charge is 0.307 e. The van der Waals surface area contributed by atoms with Crippen molar-refractivity contribution in [3.63, 3.8) is 0 Å². The molecule has 1 aromatic heterocycles. The Morgan fingerprint density at radius 1 is 1.30 bits per heavy atom. The summed E-state index contributed by atoms with van der Waals surface area (Å²) in [5, 5.41) is 10.0. The summed E-state index contributed by atoms with van der Waals surface area (Å²) in [6.45, 7) is 6.98. The summed E-state index contributed by atoms with van der Waals surface area (Å²) in [4.78, 5) is 12.8. The Labute approximate surface area is 119 Å². The molecule has 4 heteroatoms. The zero-order chi connectivity index (χ0) is 14.9. The van der Waals surface area contributed by atoms with Crippen LogP contribution >= 0.6 is 0 Å². The van der Waals surface area contributed by atoms with Gasteiger partial charge in [-0.25, -0.2) is 0 Å². The number of aliphatic carboxylic acids is 1. The average molecular weight is 275 g/mol. The van der Waals surface area contributed by atoms with E-state index >= 15 is 0 Å². The second-order valence-corrected chi connectivity index (χ2v) is 5.62. The first kappa shape index (κ1) is 14.6. The monoisotopic (exact) mass is 275 g/mol. The van der Waals surface area contributed by atoms with Crippen molar-refractivity contribution in [3.8, 4) is 0 Å². The number of hydrogen-bond donors (Lipinski definition) is 1. The number of rotatable bonds is 5. The Hall–Kier alpha value is -1.81. The SMILES string of the molecule is Cc1cc2cc(CN(C)CC(C)C(=O)O)oc2cc1C. The van der Waals surface area contributed by atoms with Crippen molar-refractivity contribution < 1.29 is 14.3 Å². The molecule has 2 aromatic rings. The second-order valence-electron chi connectivity index (χ2n) is 5.62. The van der Waals surface area contributed by atoms with Gasteiger partial charge in [-0.15, -0.1) is 0 Å². The number of benzene rings is 1. The molecule has 0 aliphatic rings. The molecule has 1 heterocycles. The van der Waals surface area contributed by atoms with Gasteiger partial charge in [0.2, 0.25) is 0 Å². The van der Waals surface area contributed by atoms with E-state index in [1.54, 1.807) is 6.92 Å². The lowest BCUT2D eigenvalue weighted by Crippen LogP contribution is -2.28. The van der Waals surface area contributed by atoms with Gasteiger partial charge in [-0.2, -0.15) is 0 Å². The lowest BCUT2D eigenvalue weighted by molar-refractivity contribution is -0.141. The average Bonchev–Trinajstić information content (AvgIpc) is 2.70. The molecule has 0 saturated heterocycles. The zero-order valence-electron chi connectivity index (χ0n) is 12.4. The normalized spacial score (nSPS) is 13.1. The molecular weight excluding hydrogens is 254 g/mol. The van der Waals surface area contributed by atoms with E-state index in [1.807, 2.05) is 24.1 Å². The maximum absolute atomic E-state index is 10.9. The van der Waals surface area contributed by atoms with E-state index in [0.29, 0.717) is 13.1 Å². The van der Waals surface area contributed by atoms with E-state index < -0.39 is 5.97 Å². The molecule has 1 unspecified atom stereocenters. The molecule has 1 N–H and O–H groups in total. The number of carbonyl (C=O) groups is 1. The minimum Gasteiger partial charge on any atom is -0.481 e. The zero-order valence-corrected chi connectivity index (χ0v) is 12.4. The molecule has 20 heavy (non-hydrogen) atoms. The molecule has 0 aliphatic carbocycles. The van der Waals surface area contributed by atoms with Crippen LogP contribution < -0.4 is 0 Å². The highest BCUT2D eigenvalue weighted by molar-refractivity contribution is 5.79. The molecule has 108 valence electrons. The van der Waals surface area contributed by atoms with E-state index in [-0.39, 0.29) is 5.92 Å². The molecule has 0 amide bonds. The quantitative estimate of drug-likeness (QED) is 0.910. The summed E-state index contributed by atoms with van der Waals surface area (Å²) in [5.41, 5.74) is 3.35. The van der Waals surface area contributed by atoms with Crippen molar-refractivity contribution in [2.24, 2.45) is 5.92 Å². The fraction of sp³-hybridized carbons (Fsp3) is 0.438. The first-order valence-corrected chi connectivity index (χ1v) is 6.78. The fourth-order valence-corrected chi connectivity index (χ4v) is 2.31. The molecule has 0 fully saturated rings. The summed E-state index contributed by atoms with van der Waals surface area (Å²) in [5.74, 6) is -0.285. The van der Waals surface area contributed by atoms with Gasteiger partial charge in [0.25, 0.3) is 0 Å². The number of aryl methyl sites for hydroxylation is 2. The molecule has 0 bridgehead atoms. The maximum Gasteiger partial charge on any atom is 0.307 e. The first-order chi connectivity index (χ1) is 9.36. The summed E-state index contributed by atoms with van der Waals surface area (Å²) >= 11 is 0. The number of nitrogens with zero attached hydrogens (tertiary/aromatic N) is 1. The van der Waals surface area contributed by atoms with Gasteiger partial charge in [0.05, 0.1) is 12.5 Å². The molecular formula is C16H21NO3. The van der Waals surface area contributed by atoms with Gasteiger partial charge in [-0.3, -0.25) is 9.69 Å². The van der Waals surface area contributed by atoms with Gasteiger partial charge in [0.15, 0.2) is 0 Å². The molecule has 0 spiro atoms. The van der Waals surface area contributed by atoms with E-state index in [2.05, 4.69) is 19.9 Å². The van der Waals surface area contributed by atoms with Crippen LogP contribution in [0.2, 0.25) is 0 Å². The van der Waals surface area contributed by atoms with E-state index in [0.717, 1.165) is 16.7 Å².